The second-order valence-electron chi connectivity index (χ2n) is 6.73. The first-order valence-electron chi connectivity index (χ1n) is 9.50. The quantitative estimate of drug-likeness (QED) is 0.356. The summed E-state index contributed by atoms with van der Waals surface area (Å²) in [5, 5.41) is 13.7. The molecule has 168 valence electrons. The topological polar surface area (TPSA) is 113 Å². The Bertz CT molecular complexity index is 1130. The van der Waals surface area contributed by atoms with E-state index in [4.69, 9.17) is 30.2 Å². The average molecular weight is 461 g/mol. The number of non-ortho nitro benzene ring substituents is 1. The smallest absolute Gasteiger partial charge is 0.287 e. The Morgan fingerprint density at radius 3 is 2.53 bits per heavy atom. The van der Waals surface area contributed by atoms with Gasteiger partial charge in [0, 0.05) is 17.7 Å². The van der Waals surface area contributed by atoms with Crippen molar-refractivity contribution in [2.45, 2.75) is 19.6 Å². The van der Waals surface area contributed by atoms with E-state index in [1.54, 1.807) is 38.5 Å². The molecular formula is C22H21ClN2O7. The Morgan fingerprint density at radius 2 is 1.88 bits per heavy atom. The van der Waals surface area contributed by atoms with Crippen LogP contribution in [0, 0.1) is 10.1 Å². The van der Waals surface area contributed by atoms with Gasteiger partial charge in [0.2, 0.25) is 0 Å². The van der Waals surface area contributed by atoms with Crippen LogP contribution >= 0.6 is 11.6 Å². The molecule has 9 nitrogen and oxygen atoms in total. The molecule has 0 aliphatic carbocycles. The minimum absolute atomic E-state index is 0.00985. The molecule has 32 heavy (non-hydrogen) atoms. The van der Waals surface area contributed by atoms with E-state index >= 15 is 0 Å². The minimum Gasteiger partial charge on any atom is -0.497 e. The maximum atomic E-state index is 12.6. The van der Waals surface area contributed by atoms with Crippen LogP contribution in [0.5, 0.6) is 17.2 Å². The first-order valence-corrected chi connectivity index (χ1v) is 9.88. The Labute approximate surface area is 189 Å². The molecule has 1 heterocycles. The van der Waals surface area contributed by atoms with Gasteiger partial charge in [-0.2, -0.15) is 0 Å². The predicted molar refractivity (Wildman–Crippen MR) is 117 cm³/mol. The number of ether oxygens (including phenoxy) is 3. The zero-order chi connectivity index (χ0) is 23.3. The molecule has 0 saturated heterocycles. The highest BCUT2D eigenvalue weighted by Crippen LogP contribution is 2.30. The first-order chi connectivity index (χ1) is 15.3. The maximum Gasteiger partial charge on any atom is 0.287 e. The summed E-state index contributed by atoms with van der Waals surface area (Å²) >= 11 is 6.01. The van der Waals surface area contributed by atoms with Crippen molar-refractivity contribution in [3.8, 4) is 17.2 Å². The average Bonchev–Trinajstić information content (AvgIpc) is 3.26. The van der Waals surface area contributed by atoms with Crippen LogP contribution in [-0.2, 0) is 6.61 Å². The van der Waals surface area contributed by atoms with Crippen molar-refractivity contribution in [1.82, 2.24) is 5.32 Å². The summed E-state index contributed by atoms with van der Waals surface area (Å²) in [4.78, 5) is 22.9. The monoisotopic (exact) mass is 460 g/mol. The molecule has 3 aromatic rings. The van der Waals surface area contributed by atoms with Crippen LogP contribution in [0.4, 0.5) is 5.69 Å². The number of nitrogens with one attached hydrogen (secondary N) is 1. The zero-order valence-electron chi connectivity index (χ0n) is 17.6. The van der Waals surface area contributed by atoms with E-state index in [9.17, 15) is 14.9 Å². The number of furan rings is 1. The molecule has 1 amide bonds. The van der Waals surface area contributed by atoms with Gasteiger partial charge >= 0.3 is 0 Å². The molecule has 0 saturated carbocycles. The molecule has 0 aliphatic heterocycles. The fourth-order valence-electron chi connectivity index (χ4n) is 2.97. The molecule has 0 fully saturated rings. The van der Waals surface area contributed by atoms with Gasteiger partial charge in [0.15, 0.2) is 5.76 Å². The molecule has 0 spiro atoms. The summed E-state index contributed by atoms with van der Waals surface area (Å²) in [5.74, 6) is 1.60. The Hall–Kier alpha value is -3.72. The van der Waals surface area contributed by atoms with Crippen molar-refractivity contribution in [3.05, 3.63) is 80.8 Å². The van der Waals surface area contributed by atoms with Gasteiger partial charge in [0.05, 0.1) is 30.2 Å². The van der Waals surface area contributed by atoms with Gasteiger partial charge in [-0.3, -0.25) is 14.9 Å². The molecule has 0 bridgehead atoms. The molecule has 1 unspecified atom stereocenters. The Morgan fingerprint density at radius 1 is 1.12 bits per heavy atom. The molecule has 0 radical (unpaired) electrons. The van der Waals surface area contributed by atoms with Gasteiger partial charge in [-0.05, 0) is 43.3 Å². The molecule has 3 rings (SSSR count). The molecule has 1 aromatic heterocycles. The number of methoxy groups -OCH3 is 2. The van der Waals surface area contributed by atoms with Crippen LogP contribution in [0.3, 0.4) is 0 Å². The summed E-state index contributed by atoms with van der Waals surface area (Å²) in [6.07, 6.45) is 0. The summed E-state index contributed by atoms with van der Waals surface area (Å²) in [5.41, 5.74) is 0.615. The number of hydrogen-bond acceptors (Lipinski definition) is 7. The lowest BCUT2D eigenvalue weighted by Gasteiger charge is -2.17. The normalized spacial score (nSPS) is 11.5. The van der Waals surface area contributed by atoms with Crippen molar-refractivity contribution in [1.29, 1.82) is 0 Å². The summed E-state index contributed by atoms with van der Waals surface area (Å²) < 4.78 is 21.7. The van der Waals surface area contributed by atoms with Crippen molar-refractivity contribution < 1.29 is 28.3 Å². The molecule has 10 heteroatoms. The highest BCUT2D eigenvalue weighted by Gasteiger charge is 2.19. The fourth-order valence-corrected chi connectivity index (χ4v) is 3.20. The van der Waals surface area contributed by atoms with E-state index in [1.807, 2.05) is 6.92 Å². The van der Waals surface area contributed by atoms with E-state index in [-0.39, 0.29) is 34.9 Å². The van der Waals surface area contributed by atoms with E-state index in [2.05, 4.69) is 5.32 Å². The number of nitro groups is 1. The van der Waals surface area contributed by atoms with Crippen molar-refractivity contribution >= 4 is 23.2 Å². The minimum atomic E-state index is -0.546. The number of carbonyl (C=O) groups excluding carboxylic acids is 1. The number of nitro benzene ring substituents is 1. The van der Waals surface area contributed by atoms with Crippen LogP contribution in [0.2, 0.25) is 5.02 Å². The van der Waals surface area contributed by atoms with Gasteiger partial charge in [0.1, 0.15) is 29.6 Å². The lowest BCUT2D eigenvalue weighted by atomic mass is 10.1. The predicted octanol–water partition coefficient (Wildman–Crippen LogP) is 4.93. The van der Waals surface area contributed by atoms with Crippen molar-refractivity contribution in [2.24, 2.45) is 0 Å². The molecular weight excluding hydrogens is 440 g/mol. The van der Waals surface area contributed by atoms with Crippen LogP contribution in [0.15, 0.2) is 52.9 Å². The zero-order valence-corrected chi connectivity index (χ0v) is 18.3. The Kier molecular flexibility index (Phi) is 7.21. The second kappa shape index (κ2) is 10.1. The highest BCUT2D eigenvalue weighted by atomic mass is 35.5. The van der Waals surface area contributed by atoms with Gasteiger partial charge in [-0.1, -0.05) is 11.6 Å². The van der Waals surface area contributed by atoms with Gasteiger partial charge in [0.25, 0.3) is 11.6 Å². The number of rotatable bonds is 9. The lowest BCUT2D eigenvalue weighted by molar-refractivity contribution is -0.384. The summed E-state index contributed by atoms with van der Waals surface area (Å²) in [6, 6.07) is 12.0. The van der Waals surface area contributed by atoms with Crippen molar-refractivity contribution in [2.75, 3.05) is 14.2 Å². The standard InChI is InChI=1S/C22H21ClN2O7/c1-13(17-11-15(29-2)5-8-19(17)30-3)24-22(26)21-9-6-16(32-21)12-31-20-7-4-14(25(27)28)10-18(20)23/h4-11,13H,12H2,1-3H3,(H,24,26). The van der Waals surface area contributed by atoms with E-state index in [0.29, 0.717) is 17.3 Å². The fraction of sp³-hybridized carbons (Fsp3) is 0.227. The van der Waals surface area contributed by atoms with Gasteiger partial charge in [-0.25, -0.2) is 0 Å². The van der Waals surface area contributed by atoms with Crippen LogP contribution in [0.1, 0.15) is 34.8 Å². The molecule has 1 atom stereocenters. The number of halogens is 1. The lowest BCUT2D eigenvalue weighted by Crippen LogP contribution is -2.26. The van der Waals surface area contributed by atoms with Gasteiger partial charge < -0.3 is 23.9 Å². The third-order valence-electron chi connectivity index (χ3n) is 4.63. The number of nitrogens with zero attached hydrogens (tertiary/aromatic N) is 1. The van der Waals surface area contributed by atoms with E-state index < -0.39 is 10.8 Å². The third kappa shape index (κ3) is 5.30. The SMILES string of the molecule is COc1ccc(OC)c(C(C)NC(=O)c2ccc(COc3ccc([N+](=O)[O-])cc3Cl)o2)c1. The van der Waals surface area contributed by atoms with E-state index in [0.717, 1.165) is 5.56 Å². The maximum absolute atomic E-state index is 12.6. The molecule has 0 aliphatic rings. The van der Waals surface area contributed by atoms with Crippen LogP contribution in [0.25, 0.3) is 0 Å². The second-order valence-corrected chi connectivity index (χ2v) is 7.14. The van der Waals surface area contributed by atoms with E-state index in [1.165, 1.54) is 24.3 Å². The summed E-state index contributed by atoms with van der Waals surface area (Å²) in [7, 11) is 3.11. The van der Waals surface area contributed by atoms with Crippen LogP contribution in [-0.4, -0.2) is 25.1 Å². The van der Waals surface area contributed by atoms with Crippen molar-refractivity contribution in [3.63, 3.8) is 0 Å². The van der Waals surface area contributed by atoms with Gasteiger partial charge in [-0.15, -0.1) is 0 Å². The highest BCUT2D eigenvalue weighted by molar-refractivity contribution is 6.32. The van der Waals surface area contributed by atoms with Crippen LogP contribution < -0.4 is 19.5 Å². The number of benzene rings is 2. The molecule has 1 N–H and O–H groups in total. The first kappa shape index (κ1) is 23.0. The largest absolute Gasteiger partial charge is 0.497 e. The third-order valence-corrected chi connectivity index (χ3v) is 4.93. The number of hydrogen-bond donors (Lipinski definition) is 1. The molecule has 2 aromatic carbocycles. The Balaban J connectivity index is 1.64. The number of carbonyl (C=O) groups is 1. The number of amides is 1. The summed E-state index contributed by atoms with van der Waals surface area (Å²) in [6.45, 7) is 1.81.